The van der Waals surface area contributed by atoms with Crippen LogP contribution in [0.5, 0.6) is 0 Å². The maximum atomic E-state index is 13.0. The summed E-state index contributed by atoms with van der Waals surface area (Å²) in [5.41, 5.74) is 0.429. The van der Waals surface area contributed by atoms with Crippen LogP contribution in [0.25, 0.3) is 0 Å². The zero-order valence-corrected chi connectivity index (χ0v) is 16.5. The molecule has 1 aliphatic heterocycles. The minimum absolute atomic E-state index is 0.0662. The number of rotatable bonds is 6. The average molecular weight is 408 g/mol. The Kier molecular flexibility index (Phi) is 5.50. The maximum Gasteiger partial charge on any atom is 0.243 e. The van der Waals surface area contributed by atoms with E-state index in [1.54, 1.807) is 18.2 Å². The summed E-state index contributed by atoms with van der Waals surface area (Å²) in [6, 6.07) is 13.2. The van der Waals surface area contributed by atoms with Gasteiger partial charge in [-0.05, 0) is 44.0 Å². The van der Waals surface area contributed by atoms with Gasteiger partial charge in [-0.1, -0.05) is 30.3 Å². The molecule has 1 aliphatic rings. The van der Waals surface area contributed by atoms with E-state index in [1.807, 2.05) is 0 Å². The van der Waals surface area contributed by atoms with Crippen molar-refractivity contribution >= 4 is 25.6 Å². The largest absolute Gasteiger partial charge is 0.295 e. The maximum absolute atomic E-state index is 13.0. The van der Waals surface area contributed by atoms with Gasteiger partial charge in [0.2, 0.25) is 10.0 Å². The highest BCUT2D eigenvalue weighted by molar-refractivity contribution is 7.91. The van der Waals surface area contributed by atoms with Crippen LogP contribution in [0, 0.1) is 0 Å². The number of nitrogens with zero attached hydrogens (tertiary/aromatic N) is 1. The number of hydrogen-bond donors (Lipinski definition) is 0. The highest BCUT2D eigenvalue weighted by Gasteiger charge is 2.38. The van der Waals surface area contributed by atoms with Gasteiger partial charge in [0.05, 0.1) is 15.5 Å². The Morgan fingerprint density at radius 2 is 1.59 bits per heavy atom. The lowest BCUT2D eigenvalue weighted by molar-refractivity contribution is 0.101. The molecule has 0 amide bonds. The molecule has 0 radical (unpaired) electrons. The number of carbonyl (C=O) groups is 1. The molecule has 0 aromatic heterocycles. The van der Waals surface area contributed by atoms with Gasteiger partial charge in [-0.15, -0.1) is 0 Å². The van der Waals surface area contributed by atoms with Crippen LogP contribution < -0.4 is 0 Å². The van der Waals surface area contributed by atoms with E-state index >= 15 is 0 Å². The molecule has 0 aliphatic carbocycles. The number of Topliss-reactive ketones (excluding diaryl/α,β-unsaturated/α-hetero) is 1. The molecule has 6 nitrogen and oxygen atoms in total. The fourth-order valence-corrected chi connectivity index (χ4v) is 6.67. The van der Waals surface area contributed by atoms with Gasteiger partial charge in [0, 0.05) is 18.2 Å². The normalized spacial score (nSPS) is 18.5. The molecule has 0 spiro atoms. The Bertz CT molecular complexity index is 1030. The van der Waals surface area contributed by atoms with Crippen molar-refractivity contribution in [1.82, 2.24) is 4.31 Å². The number of benzene rings is 2. The Morgan fingerprint density at radius 1 is 0.963 bits per heavy atom. The highest BCUT2D eigenvalue weighted by atomic mass is 32.2. The Labute approximate surface area is 159 Å². The zero-order chi connectivity index (χ0) is 19.7. The Morgan fingerprint density at radius 3 is 2.19 bits per heavy atom. The van der Waals surface area contributed by atoms with Crippen LogP contribution in [0.1, 0.15) is 30.1 Å². The number of sulfone groups is 1. The van der Waals surface area contributed by atoms with Gasteiger partial charge in [0.1, 0.15) is 0 Å². The van der Waals surface area contributed by atoms with Gasteiger partial charge in [-0.25, -0.2) is 16.8 Å². The van der Waals surface area contributed by atoms with E-state index in [1.165, 1.54) is 47.6 Å². The molecule has 0 N–H and O–H groups in total. The summed E-state index contributed by atoms with van der Waals surface area (Å²) in [5.74, 6) is -0.395. The molecule has 3 rings (SSSR count). The molecule has 2 aromatic carbocycles. The highest BCUT2D eigenvalue weighted by Crippen LogP contribution is 2.28. The molecule has 2 aromatic rings. The predicted molar refractivity (Wildman–Crippen MR) is 102 cm³/mol. The predicted octanol–water partition coefficient (Wildman–Crippen LogP) is 2.52. The molecule has 0 bridgehead atoms. The first-order valence-corrected chi connectivity index (χ1v) is 11.7. The number of ketones is 1. The summed E-state index contributed by atoms with van der Waals surface area (Å²) < 4.78 is 52.6. The summed E-state index contributed by atoms with van der Waals surface area (Å²) in [4.78, 5) is 11.6. The molecule has 1 fully saturated rings. The van der Waals surface area contributed by atoms with Crippen LogP contribution in [0.15, 0.2) is 64.4 Å². The third-order valence-electron chi connectivity index (χ3n) is 4.70. The zero-order valence-electron chi connectivity index (χ0n) is 14.9. The molecule has 0 saturated carbocycles. The third-order valence-corrected chi connectivity index (χ3v) is 8.48. The first-order chi connectivity index (χ1) is 12.7. The fraction of sp³-hybridized carbons (Fsp3) is 0.316. The van der Waals surface area contributed by atoms with Crippen LogP contribution in [0.4, 0.5) is 0 Å². The summed E-state index contributed by atoms with van der Waals surface area (Å²) >= 11 is 0. The van der Waals surface area contributed by atoms with Gasteiger partial charge in [-0.3, -0.25) is 4.79 Å². The fourth-order valence-electron chi connectivity index (χ4n) is 3.27. The summed E-state index contributed by atoms with van der Waals surface area (Å²) in [6.45, 7) is 1.69. The third kappa shape index (κ3) is 4.12. The minimum atomic E-state index is -3.83. The van der Waals surface area contributed by atoms with Gasteiger partial charge in [0.15, 0.2) is 15.6 Å². The first-order valence-electron chi connectivity index (χ1n) is 8.62. The van der Waals surface area contributed by atoms with Crippen LogP contribution in [0.3, 0.4) is 0 Å². The van der Waals surface area contributed by atoms with Crippen LogP contribution in [-0.4, -0.2) is 45.3 Å². The summed E-state index contributed by atoms with van der Waals surface area (Å²) in [5, 5.41) is 0. The number of sulfonamides is 1. The van der Waals surface area contributed by atoms with Gasteiger partial charge in [0.25, 0.3) is 0 Å². The molecular weight excluding hydrogens is 386 g/mol. The Hall–Kier alpha value is -2.03. The molecule has 144 valence electrons. The minimum Gasteiger partial charge on any atom is -0.295 e. The Balaban J connectivity index is 1.86. The summed E-state index contributed by atoms with van der Waals surface area (Å²) in [7, 11) is -7.42. The first kappa shape index (κ1) is 19.7. The van der Waals surface area contributed by atoms with Gasteiger partial charge >= 0.3 is 0 Å². The van der Waals surface area contributed by atoms with Crippen molar-refractivity contribution in [3.05, 3.63) is 60.2 Å². The van der Waals surface area contributed by atoms with Crippen molar-refractivity contribution in [2.24, 2.45) is 0 Å². The van der Waals surface area contributed by atoms with Crippen molar-refractivity contribution in [2.45, 2.75) is 35.6 Å². The molecule has 1 atom stereocenters. The monoisotopic (exact) mass is 407 g/mol. The average Bonchev–Trinajstić information content (AvgIpc) is 3.11. The topological polar surface area (TPSA) is 88.6 Å². The number of hydrogen-bond acceptors (Lipinski definition) is 5. The quantitative estimate of drug-likeness (QED) is 0.687. The van der Waals surface area contributed by atoms with E-state index in [4.69, 9.17) is 0 Å². The van der Waals surface area contributed by atoms with Crippen molar-refractivity contribution in [3.8, 4) is 0 Å². The molecule has 27 heavy (non-hydrogen) atoms. The van der Waals surface area contributed by atoms with Crippen molar-refractivity contribution in [3.63, 3.8) is 0 Å². The molecule has 1 saturated heterocycles. The van der Waals surface area contributed by atoms with Gasteiger partial charge < -0.3 is 0 Å². The smallest absolute Gasteiger partial charge is 0.243 e. The molecule has 8 heteroatoms. The van der Waals surface area contributed by atoms with Crippen molar-refractivity contribution in [2.75, 3.05) is 12.3 Å². The van der Waals surface area contributed by atoms with Crippen LogP contribution >= 0.6 is 0 Å². The lowest BCUT2D eigenvalue weighted by atomic mass is 10.2. The van der Waals surface area contributed by atoms with Crippen molar-refractivity contribution < 1.29 is 21.6 Å². The summed E-state index contributed by atoms with van der Waals surface area (Å²) in [6.07, 6.45) is 1.11. The lowest BCUT2D eigenvalue weighted by Crippen LogP contribution is -2.39. The van der Waals surface area contributed by atoms with Crippen LogP contribution in [0.2, 0.25) is 0 Å². The van der Waals surface area contributed by atoms with E-state index in [9.17, 15) is 21.6 Å². The lowest BCUT2D eigenvalue weighted by Gasteiger charge is -2.24. The SMILES string of the molecule is CC(=O)c1ccc(S(=O)(=O)N2CCC[C@H]2CS(=O)(=O)c2ccccc2)cc1. The van der Waals surface area contributed by atoms with Crippen LogP contribution in [-0.2, 0) is 19.9 Å². The number of carbonyl (C=O) groups excluding carboxylic acids is 1. The van der Waals surface area contributed by atoms with Crippen molar-refractivity contribution in [1.29, 1.82) is 0 Å². The van der Waals surface area contributed by atoms with E-state index in [2.05, 4.69) is 0 Å². The second-order valence-corrected chi connectivity index (χ2v) is 10.5. The second-order valence-electron chi connectivity index (χ2n) is 6.59. The molecule has 1 heterocycles. The van der Waals surface area contributed by atoms with E-state index < -0.39 is 25.9 Å². The standard InChI is InChI=1S/C19H21NO5S2/c1-15(21)16-9-11-19(12-10-16)27(24,25)20-13-5-6-17(20)14-26(22,23)18-7-3-2-4-8-18/h2-4,7-12,17H,5-6,13-14H2,1H3/t17-/m0/s1. The van der Waals surface area contributed by atoms with E-state index in [-0.39, 0.29) is 27.9 Å². The molecule has 0 unspecified atom stereocenters. The van der Waals surface area contributed by atoms with E-state index in [0.717, 1.165) is 0 Å². The molecular formula is C19H21NO5S2. The second kappa shape index (κ2) is 7.53. The van der Waals surface area contributed by atoms with Gasteiger partial charge in [-0.2, -0.15) is 4.31 Å². The van der Waals surface area contributed by atoms with E-state index in [0.29, 0.717) is 18.4 Å².